The van der Waals surface area contributed by atoms with Crippen molar-refractivity contribution in [2.45, 2.75) is 130 Å². The summed E-state index contributed by atoms with van der Waals surface area (Å²) in [5.74, 6) is -6.58. The van der Waals surface area contributed by atoms with Crippen LogP contribution in [0.2, 0.25) is 0 Å². The van der Waals surface area contributed by atoms with E-state index in [1.54, 1.807) is 52.0 Å². The monoisotopic (exact) mass is 928 g/mol. The standard InChI is InChI=1S/C45H73N11O10/c1-10-14-15-19-47-43(64)36(22-30(7)23-46)56-40(61)27-51-45(66)35(21-29(6)17-12-3)55-39(60)26-49-42(63)33(18-13-4)54-38(59)25-48-41(62)31(8)52-37(58)24-50-44(65)34(53-32(9)57)20-28(5)16-11-2/h11-12,16-17,23,31,33-36H,5-6,10,13-15,18-22,24-27,46H2,1-4,7-9H3,(H,47,64)(H,48,62)(H,49,63)(H,50,65)(H,51,66)(H,52,58)(H,53,57)(H,54,59)(H,55,60)(H,56,61)/b16-11-,17-12-,30-23+. The molecule has 0 aliphatic rings. The smallest absolute Gasteiger partial charge is 0.243 e. The van der Waals surface area contributed by atoms with Crippen LogP contribution in [0.5, 0.6) is 0 Å². The average molecular weight is 928 g/mol. The fraction of sp³-hybridized carbons (Fsp3) is 0.556. The lowest BCUT2D eigenvalue weighted by atomic mass is 10.1. The fourth-order valence-corrected chi connectivity index (χ4v) is 5.95. The summed E-state index contributed by atoms with van der Waals surface area (Å²) in [4.78, 5) is 127. The van der Waals surface area contributed by atoms with Crippen LogP contribution in [0.3, 0.4) is 0 Å². The van der Waals surface area contributed by atoms with Gasteiger partial charge in [-0.25, -0.2) is 0 Å². The van der Waals surface area contributed by atoms with E-state index in [4.69, 9.17) is 5.73 Å². The first-order valence-corrected chi connectivity index (χ1v) is 22.0. The molecule has 66 heavy (non-hydrogen) atoms. The number of rotatable bonds is 32. The van der Waals surface area contributed by atoms with Crippen LogP contribution in [-0.2, 0) is 47.9 Å². The fourth-order valence-electron chi connectivity index (χ4n) is 5.95. The zero-order chi connectivity index (χ0) is 50.2. The molecule has 0 heterocycles. The Balaban J connectivity index is 5.32. The van der Waals surface area contributed by atoms with Crippen LogP contribution in [0.15, 0.2) is 60.4 Å². The van der Waals surface area contributed by atoms with E-state index in [9.17, 15) is 47.9 Å². The summed E-state index contributed by atoms with van der Waals surface area (Å²) in [6, 6.07) is -5.38. The Bertz CT molecular complexity index is 1810. The predicted molar refractivity (Wildman–Crippen MR) is 250 cm³/mol. The van der Waals surface area contributed by atoms with Crippen molar-refractivity contribution in [3.63, 3.8) is 0 Å². The highest BCUT2D eigenvalue weighted by Crippen LogP contribution is 2.08. The third-order valence-electron chi connectivity index (χ3n) is 9.32. The second-order valence-electron chi connectivity index (χ2n) is 15.5. The largest absolute Gasteiger partial charge is 0.405 e. The van der Waals surface area contributed by atoms with Gasteiger partial charge in [-0.15, -0.1) is 0 Å². The third kappa shape index (κ3) is 26.7. The van der Waals surface area contributed by atoms with Crippen molar-refractivity contribution in [1.82, 2.24) is 53.2 Å². The third-order valence-corrected chi connectivity index (χ3v) is 9.32. The van der Waals surface area contributed by atoms with Gasteiger partial charge < -0.3 is 58.9 Å². The lowest BCUT2D eigenvalue weighted by Crippen LogP contribution is -2.54. The molecular formula is C45H73N11O10. The van der Waals surface area contributed by atoms with Crippen LogP contribution in [0, 0.1) is 0 Å². The molecule has 12 N–H and O–H groups in total. The molecule has 5 unspecified atom stereocenters. The molecule has 0 aromatic carbocycles. The Labute approximate surface area is 388 Å². The van der Waals surface area contributed by atoms with Crippen molar-refractivity contribution < 1.29 is 47.9 Å². The number of hydrogen-bond donors (Lipinski definition) is 11. The summed E-state index contributed by atoms with van der Waals surface area (Å²) in [7, 11) is 0. The van der Waals surface area contributed by atoms with Crippen molar-refractivity contribution in [1.29, 1.82) is 0 Å². The molecule has 0 rings (SSSR count). The minimum Gasteiger partial charge on any atom is -0.405 e. The van der Waals surface area contributed by atoms with Gasteiger partial charge in [0.2, 0.25) is 59.1 Å². The molecule has 0 spiro atoms. The Hall–Kier alpha value is -6.80. The van der Waals surface area contributed by atoms with E-state index in [0.29, 0.717) is 29.7 Å². The van der Waals surface area contributed by atoms with E-state index in [1.165, 1.54) is 20.0 Å². The van der Waals surface area contributed by atoms with Crippen molar-refractivity contribution in [3.8, 4) is 0 Å². The number of carbonyl (C=O) groups excluding carboxylic acids is 10. The van der Waals surface area contributed by atoms with Crippen molar-refractivity contribution in [2.24, 2.45) is 5.73 Å². The van der Waals surface area contributed by atoms with Crippen molar-refractivity contribution in [3.05, 3.63) is 60.4 Å². The Morgan fingerprint density at radius 1 is 0.515 bits per heavy atom. The van der Waals surface area contributed by atoms with E-state index in [0.717, 1.165) is 19.3 Å². The normalized spacial score (nSPS) is 13.4. The first-order chi connectivity index (χ1) is 31.2. The lowest BCUT2D eigenvalue weighted by Gasteiger charge is -2.21. The summed E-state index contributed by atoms with van der Waals surface area (Å²) in [5, 5.41) is 25.0. The molecule has 0 bridgehead atoms. The molecule has 0 saturated heterocycles. The van der Waals surface area contributed by atoms with Crippen molar-refractivity contribution in [2.75, 3.05) is 32.7 Å². The zero-order valence-corrected chi connectivity index (χ0v) is 39.5. The second kappa shape index (κ2) is 33.7. The molecule has 0 saturated carbocycles. The van der Waals surface area contributed by atoms with Gasteiger partial charge in [0.25, 0.3) is 0 Å². The SMILES string of the molecule is C=C(/C=C\C)CC(NC(C)=O)C(=O)NCC(=O)NC(C)C(=O)NCC(=O)NC(CCC)C(=O)NCC(=O)NC(CC(=C)/C=C\C)C(=O)NCC(=O)NC(C/C(C)=C/N)C(=O)NCCCCC. The van der Waals surface area contributed by atoms with Gasteiger partial charge in [-0.1, -0.05) is 87.3 Å². The van der Waals surface area contributed by atoms with Crippen LogP contribution in [0.1, 0.15) is 99.8 Å². The first-order valence-electron chi connectivity index (χ1n) is 22.0. The number of unbranched alkanes of at least 4 members (excludes halogenated alkanes) is 2. The number of carbonyl (C=O) groups is 10. The van der Waals surface area contributed by atoms with E-state index in [-0.39, 0.29) is 25.7 Å². The zero-order valence-electron chi connectivity index (χ0n) is 39.5. The van der Waals surface area contributed by atoms with E-state index >= 15 is 0 Å². The molecule has 0 aliphatic heterocycles. The number of amides is 10. The molecule has 0 aromatic rings. The molecule has 0 aliphatic carbocycles. The highest BCUT2D eigenvalue weighted by molar-refractivity contribution is 5.96. The number of allylic oxidation sites excluding steroid dienone is 4. The van der Waals surface area contributed by atoms with Gasteiger partial charge in [-0.2, -0.15) is 0 Å². The highest BCUT2D eigenvalue weighted by atomic mass is 16.2. The minimum absolute atomic E-state index is 0.0472. The highest BCUT2D eigenvalue weighted by Gasteiger charge is 2.27. The van der Waals surface area contributed by atoms with Gasteiger partial charge in [0.05, 0.1) is 26.2 Å². The predicted octanol–water partition coefficient (Wildman–Crippen LogP) is -0.681. The number of nitrogens with one attached hydrogen (secondary N) is 10. The minimum atomic E-state index is -1.21. The summed E-state index contributed by atoms with van der Waals surface area (Å²) in [5.41, 5.74) is 7.31. The second-order valence-corrected chi connectivity index (χ2v) is 15.5. The van der Waals surface area contributed by atoms with Crippen molar-refractivity contribution >= 4 is 59.1 Å². The van der Waals surface area contributed by atoms with Gasteiger partial charge in [0.1, 0.15) is 30.2 Å². The van der Waals surface area contributed by atoms with E-state index in [1.807, 2.05) is 6.92 Å². The Morgan fingerprint density at radius 3 is 1.33 bits per heavy atom. The summed E-state index contributed by atoms with van der Waals surface area (Å²) >= 11 is 0. The topological polar surface area (TPSA) is 317 Å². The molecule has 5 atom stereocenters. The first kappa shape index (κ1) is 59.2. The van der Waals surface area contributed by atoms with Gasteiger partial charge in [0.15, 0.2) is 0 Å². The van der Waals surface area contributed by atoms with Crippen LogP contribution in [0.4, 0.5) is 0 Å². The molecule has 368 valence electrons. The molecule has 0 radical (unpaired) electrons. The van der Waals surface area contributed by atoms with Crippen LogP contribution in [0.25, 0.3) is 0 Å². The number of nitrogens with two attached hydrogens (primary N) is 1. The lowest BCUT2D eigenvalue weighted by molar-refractivity contribution is -0.133. The maximum atomic E-state index is 13.3. The molecule has 21 nitrogen and oxygen atoms in total. The molecule has 0 aromatic heterocycles. The molecule has 10 amide bonds. The van der Waals surface area contributed by atoms with Gasteiger partial charge in [0, 0.05) is 26.3 Å². The van der Waals surface area contributed by atoms with Gasteiger partial charge in [-0.05, 0) is 53.2 Å². The molecule has 21 heteroatoms. The number of hydrogen-bond acceptors (Lipinski definition) is 11. The maximum Gasteiger partial charge on any atom is 0.243 e. The maximum absolute atomic E-state index is 13.3. The molecular weight excluding hydrogens is 855 g/mol. The summed E-state index contributed by atoms with van der Waals surface area (Å²) in [6.07, 6.45) is 11.5. The molecule has 0 fully saturated rings. The summed E-state index contributed by atoms with van der Waals surface area (Å²) in [6.45, 7) is 17.6. The van der Waals surface area contributed by atoms with E-state index in [2.05, 4.69) is 66.3 Å². The Morgan fingerprint density at radius 2 is 0.909 bits per heavy atom. The average Bonchev–Trinajstić information content (AvgIpc) is 3.26. The van der Waals surface area contributed by atoms with Crippen LogP contribution < -0.4 is 58.9 Å². The Kier molecular flexibility index (Phi) is 30.2. The van der Waals surface area contributed by atoms with E-state index < -0.39 is 115 Å². The van der Waals surface area contributed by atoms with Crippen LogP contribution in [-0.4, -0.2) is 122 Å². The van der Waals surface area contributed by atoms with Gasteiger partial charge in [-0.3, -0.25) is 47.9 Å². The quantitative estimate of drug-likeness (QED) is 0.0297. The van der Waals surface area contributed by atoms with Gasteiger partial charge >= 0.3 is 0 Å². The summed E-state index contributed by atoms with van der Waals surface area (Å²) < 4.78 is 0. The van der Waals surface area contributed by atoms with Crippen LogP contribution >= 0.6 is 0 Å².